The van der Waals surface area contributed by atoms with Crippen LogP contribution in [0.3, 0.4) is 0 Å². The highest BCUT2D eigenvalue weighted by molar-refractivity contribution is 5.76. The Morgan fingerprint density at radius 3 is 3.08 bits per heavy atom. The Balaban J connectivity index is 2.77. The number of fused-ring (bicyclic) bond motifs is 1. The Kier molecular flexibility index (Phi) is 1.34. The first-order chi connectivity index (χ1) is 5.79. The average molecular weight is 157 g/mol. The SMILES string of the molecule is Cc1cc2ccc(C#N)nc2[nH]1. The van der Waals surface area contributed by atoms with Crippen LogP contribution in [0.5, 0.6) is 0 Å². The Morgan fingerprint density at radius 2 is 2.33 bits per heavy atom. The summed E-state index contributed by atoms with van der Waals surface area (Å²) >= 11 is 0. The van der Waals surface area contributed by atoms with Gasteiger partial charge in [0.1, 0.15) is 17.4 Å². The maximum Gasteiger partial charge on any atom is 0.142 e. The molecule has 0 bridgehead atoms. The molecular weight excluding hydrogens is 150 g/mol. The maximum absolute atomic E-state index is 8.58. The van der Waals surface area contributed by atoms with Crippen molar-refractivity contribution in [1.29, 1.82) is 5.26 Å². The van der Waals surface area contributed by atoms with Crippen molar-refractivity contribution in [2.45, 2.75) is 6.92 Å². The minimum Gasteiger partial charge on any atom is -0.344 e. The number of H-pyrrole nitrogens is 1. The van der Waals surface area contributed by atoms with Crippen molar-refractivity contribution in [3.63, 3.8) is 0 Å². The van der Waals surface area contributed by atoms with Gasteiger partial charge in [0.2, 0.25) is 0 Å². The number of aromatic nitrogens is 2. The number of hydrogen-bond acceptors (Lipinski definition) is 2. The van der Waals surface area contributed by atoms with E-state index in [9.17, 15) is 0 Å². The van der Waals surface area contributed by atoms with Crippen LogP contribution in [0.1, 0.15) is 11.4 Å². The lowest BCUT2D eigenvalue weighted by atomic mass is 10.3. The van der Waals surface area contributed by atoms with Gasteiger partial charge in [-0.05, 0) is 25.1 Å². The van der Waals surface area contributed by atoms with Crippen molar-refractivity contribution in [3.05, 3.63) is 29.6 Å². The number of aryl methyl sites for hydroxylation is 1. The first-order valence-corrected chi connectivity index (χ1v) is 3.66. The molecule has 3 heteroatoms. The third-order valence-electron chi connectivity index (χ3n) is 1.73. The third-order valence-corrected chi connectivity index (χ3v) is 1.73. The largest absolute Gasteiger partial charge is 0.344 e. The topological polar surface area (TPSA) is 52.5 Å². The van der Waals surface area contributed by atoms with E-state index in [1.807, 2.05) is 25.1 Å². The predicted molar refractivity (Wildman–Crippen MR) is 45.5 cm³/mol. The summed E-state index contributed by atoms with van der Waals surface area (Å²) in [7, 11) is 0. The molecular formula is C9H7N3. The van der Waals surface area contributed by atoms with E-state index in [4.69, 9.17) is 5.26 Å². The Hall–Kier alpha value is -1.82. The van der Waals surface area contributed by atoms with Gasteiger partial charge in [0.05, 0.1) is 0 Å². The zero-order valence-electron chi connectivity index (χ0n) is 6.63. The monoisotopic (exact) mass is 157 g/mol. The number of rotatable bonds is 0. The fraction of sp³-hybridized carbons (Fsp3) is 0.111. The number of aromatic amines is 1. The summed E-state index contributed by atoms with van der Waals surface area (Å²) in [6.07, 6.45) is 0. The molecule has 2 rings (SSSR count). The molecule has 2 aromatic rings. The second kappa shape index (κ2) is 2.35. The highest BCUT2D eigenvalue weighted by Crippen LogP contribution is 2.12. The van der Waals surface area contributed by atoms with Crippen molar-refractivity contribution in [3.8, 4) is 6.07 Å². The number of nitrogens with zero attached hydrogens (tertiary/aromatic N) is 2. The predicted octanol–water partition coefficient (Wildman–Crippen LogP) is 1.74. The molecule has 0 saturated heterocycles. The molecule has 12 heavy (non-hydrogen) atoms. The van der Waals surface area contributed by atoms with Gasteiger partial charge in [-0.25, -0.2) is 4.98 Å². The van der Waals surface area contributed by atoms with E-state index in [-0.39, 0.29) is 0 Å². The van der Waals surface area contributed by atoms with Gasteiger partial charge in [-0.1, -0.05) is 0 Å². The van der Waals surface area contributed by atoms with Crippen LogP contribution >= 0.6 is 0 Å². The minimum atomic E-state index is 0.448. The van der Waals surface area contributed by atoms with Crippen LogP contribution in [0.4, 0.5) is 0 Å². The van der Waals surface area contributed by atoms with Crippen molar-refractivity contribution in [2.75, 3.05) is 0 Å². The lowest BCUT2D eigenvalue weighted by molar-refractivity contribution is 1.23. The van der Waals surface area contributed by atoms with Gasteiger partial charge in [-0.15, -0.1) is 0 Å². The summed E-state index contributed by atoms with van der Waals surface area (Å²) in [6.45, 7) is 1.97. The highest BCUT2D eigenvalue weighted by Gasteiger charge is 1.98. The molecule has 0 fully saturated rings. The molecule has 2 aromatic heterocycles. The Bertz CT molecular complexity index is 462. The lowest BCUT2D eigenvalue weighted by Crippen LogP contribution is -1.81. The standard InChI is InChI=1S/C9H7N3/c1-6-4-7-2-3-8(5-10)12-9(7)11-6/h2-4H,1H3,(H,11,12). The molecule has 0 aliphatic carbocycles. The molecule has 1 N–H and O–H groups in total. The molecule has 2 heterocycles. The van der Waals surface area contributed by atoms with Gasteiger partial charge in [-0.2, -0.15) is 5.26 Å². The molecule has 0 aliphatic heterocycles. The van der Waals surface area contributed by atoms with Gasteiger partial charge in [0.25, 0.3) is 0 Å². The van der Waals surface area contributed by atoms with E-state index in [1.54, 1.807) is 6.07 Å². The number of hydrogen-bond donors (Lipinski definition) is 1. The fourth-order valence-electron chi connectivity index (χ4n) is 1.20. The maximum atomic E-state index is 8.58. The van der Waals surface area contributed by atoms with Crippen molar-refractivity contribution < 1.29 is 0 Å². The summed E-state index contributed by atoms with van der Waals surface area (Å²) in [4.78, 5) is 7.17. The van der Waals surface area contributed by atoms with E-state index >= 15 is 0 Å². The Morgan fingerprint density at radius 1 is 1.50 bits per heavy atom. The summed E-state index contributed by atoms with van der Waals surface area (Å²) in [5, 5.41) is 9.63. The molecule has 0 atom stereocenters. The van der Waals surface area contributed by atoms with Crippen LogP contribution in [-0.2, 0) is 0 Å². The molecule has 0 aliphatic rings. The highest BCUT2D eigenvalue weighted by atomic mass is 14.9. The minimum absolute atomic E-state index is 0.448. The average Bonchev–Trinajstić information content (AvgIpc) is 2.43. The number of nitrogens with one attached hydrogen (secondary N) is 1. The normalized spacial score (nSPS) is 10.0. The summed E-state index contributed by atoms with van der Waals surface area (Å²) < 4.78 is 0. The van der Waals surface area contributed by atoms with Crippen LogP contribution in [-0.4, -0.2) is 9.97 Å². The molecule has 3 nitrogen and oxygen atoms in total. The summed E-state index contributed by atoms with van der Waals surface area (Å²) in [6, 6.07) is 7.61. The lowest BCUT2D eigenvalue weighted by Gasteiger charge is -1.87. The van der Waals surface area contributed by atoms with Gasteiger partial charge in [0.15, 0.2) is 0 Å². The molecule has 0 aromatic carbocycles. The Labute approximate surface area is 69.7 Å². The molecule has 0 amide bonds. The van der Waals surface area contributed by atoms with Crippen molar-refractivity contribution in [1.82, 2.24) is 9.97 Å². The van der Waals surface area contributed by atoms with Crippen molar-refractivity contribution >= 4 is 11.0 Å². The quantitative estimate of drug-likeness (QED) is 0.633. The van der Waals surface area contributed by atoms with Crippen LogP contribution < -0.4 is 0 Å². The van der Waals surface area contributed by atoms with Gasteiger partial charge >= 0.3 is 0 Å². The van der Waals surface area contributed by atoms with Gasteiger partial charge in [-0.3, -0.25) is 0 Å². The fourth-order valence-corrected chi connectivity index (χ4v) is 1.20. The summed E-state index contributed by atoms with van der Waals surface area (Å²) in [5.74, 6) is 0. The second-order valence-electron chi connectivity index (χ2n) is 2.70. The van der Waals surface area contributed by atoms with E-state index in [0.29, 0.717) is 5.69 Å². The van der Waals surface area contributed by atoms with E-state index in [1.165, 1.54) is 0 Å². The number of pyridine rings is 1. The molecule has 0 saturated carbocycles. The number of nitriles is 1. The summed E-state index contributed by atoms with van der Waals surface area (Å²) in [5.41, 5.74) is 2.29. The van der Waals surface area contributed by atoms with Crippen LogP contribution in [0.25, 0.3) is 11.0 Å². The van der Waals surface area contributed by atoms with E-state index in [2.05, 4.69) is 9.97 Å². The van der Waals surface area contributed by atoms with Gasteiger partial charge < -0.3 is 4.98 Å². The zero-order valence-corrected chi connectivity index (χ0v) is 6.63. The first-order valence-electron chi connectivity index (χ1n) is 3.66. The first kappa shape index (κ1) is 6.86. The van der Waals surface area contributed by atoms with Crippen molar-refractivity contribution in [2.24, 2.45) is 0 Å². The smallest absolute Gasteiger partial charge is 0.142 e. The van der Waals surface area contributed by atoms with Crippen LogP contribution in [0, 0.1) is 18.3 Å². The zero-order chi connectivity index (χ0) is 8.55. The van der Waals surface area contributed by atoms with E-state index < -0.39 is 0 Å². The second-order valence-corrected chi connectivity index (χ2v) is 2.70. The van der Waals surface area contributed by atoms with E-state index in [0.717, 1.165) is 16.7 Å². The van der Waals surface area contributed by atoms with Crippen LogP contribution in [0.15, 0.2) is 18.2 Å². The molecule has 0 spiro atoms. The molecule has 58 valence electrons. The molecule has 0 radical (unpaired) electrons. The molecule has 0 unspecified atom stereocenters. The third kappa shape index (κ3) is 0.940. The van der Waals surface area contributed by atoms with Crippen LogP contribution in [0.2, 0.25) is 0 Å². The van der Waals surface area contributed by atoms with Gasteiger partial charge in [0, 0.05) is 11.1 Å².